The largest absolute Gasteiger partial charge is 0.457 e. The maximum atomic E-state index is 13.3. The smallest absolute Gasteiger partial charge is 0.338 e. The molecule has 0 aliphatic rings. The van der Waals surface area contributed by atoms with Gasteiger partial charge in [-0.2, -0.15) is 0 Å². The zero-order valence-electron chi connectivity index (χ0n) is 20.0. The molecule has 5 aromatic rings. The number of carbonyl (C=O) groups excluding carboxylic acids is 1. The van der Waals surface area contributed by atoms with Crippen molar-refractivity contribution >= 4 is 29.1 Å². The van der Waals surface area contributed by atoms with Crippen LogP contribution >= 0.6 is 7.26 Å². The SMILES string of the molecule is O=C(OCc1ccccc1)c1ccccc1C[P+](c1ccccc1)(c1ccccc1)c1ccccc1. The van der Waals surface area contributed by atoms with Crippen LogP contribution in [0.15, 0.2) is 146 Å². The Hall–Kier alpha value is -4.00. The quantitative estimate of drug-likeness (QED) is 0.184. The molecule has 176 valence electrons. The lowest BCUT2D eigenvalue weighted by atomic mass is 10.1. The highest BCUT2D eigenvalue weighted by atomic mass is 31.2. The fraction of sp³-hybridized carbons (Fsp3) is 0.0606. The summed E-state index contributed by atoms with van der Waals surface area (Å²) in [4.78, 5) is 13.3. The Morgan fingerprint density at radius 2 is 0.944 bits per heavy atom. The van der Waals surface area contributed by atoms with E-state index in [1.165, 1.54) is 15.9 Å². The molecule has 0 atom stereocenters. The molecule has 0 aliphatic carbocycles. The van der Waals surface area contributed by atoms with Crippen LogP contribution in [0.4, 0.5) is 0 Å². The highest BCUT2D eigenvalue weighted by Crippen LogP contribution is 2.58. The van der Waals surface area contributed by atoms with Crippen LogP contribution in [0.3, 0.4) is 0 Å². The summed E-state index contributed by atoms with van der Waals surface area (Å²) in [7, 11) is -2.13. The minimum atomic E-state index is -2.13. The highest BCUT2D eigenvalue weighted by Gasteiger charge is 2.46. The Morgan fingerprint density at radius 3 is 1.44 bits per heavy atom. The summed E-state index contributed by atoms with van der Waals surface area (Å²) < 4.78 is 5.76. The van der Waals surface area contributed by atoms with Crippen LogP contribution in [0.1, 0.15) is 21.5 Å². The summed E-state index contributed by atoms with van der Waals surface area (Å²) in [6.07, 6.45) is 0.724. The lowest BCUT2D eigenvalue weighted by molar-refractivity contribution is 0.0471. The molecule has 0 saturated carbocycles. The van der Waals surface area contributed by atoms with Crippen LogP contribution in [0.25, 0.3) is 0 Å². The Bertz CT molecular complexity index is 1310. The lowest BCUT2D eigenvalue weighted by Gasteiger charge is -2.28. The van der Waals surface area contributed by atoms with Crippen LogP contribution in [-0.2, 0) is 17.5 Å². The lowest BCUT2D eigenvalue weighted by Crippen LogP contribution is -2.32. The van der Waals surface area contributed by atoms with Crippen LogP contribution in [-0.4, -0.2) is 5.97 Å². The van der Waals surface area contributed by atoms with E-state index < -0.39 is 7.26 Å². The molecule has 0 aliphatic heterocycles. The van der Waals surface area contributed by atoms with Crippen molar-refractivity contribution in [2.24, 2.45) is 0 Å². The molecule has 0 bridgehead atoms. The van der Waals surface area contributed by atoms with Gasteiger partial charge in [0, 0.05) is 5.56 Å². The number of hydrogen-bond donors (Lipinski definition) is 0. The molecule has 0 saturated heterocycles. The first-order chi connectivity index (χ1) is 17.8. The molecule has 0 spiro atoms. The number of carbonyl (C=O) groups is 1. The third-order valence-corrected chi connectivity index (χ3v) is 10.8. The van der Waals surface area contributed by atoms with Gasteiger partial charge in [-0.1, -0.05) is 103 Å². The number of esters is 1. The molecule has 5 aromatic carbocycles. The number of benzene rings is 5. The second kappa shape index (κ2) is 11.2. The molecule has 0 heterocycles. The molecule has 2 nitrogen and oxygen atoms in total. The number of hydrogen-bond acceptors (Lipinski definition) is 2. The number of ether oxygens (including phenoxy) is 1. The molecule has 0 amide bonds. The summed E-state index contributed by atoms with van der Waals surface area (Å²) in [5, 5.41) is 3.86. The third kappa shape index (κ3) is 5.00. The first-order valence-corrected chi connectivity index (χ1v) is 14.1. The minimum Gasteiger partial charge on any atom is -0.457 e. The van der Waals surface area contributed by atoms with E-state index in [1.807, 2.05) is 48.5 Å². The summed E-state index contributed by atoms with van der Waals surface area (Å²) in [5.41, 5.74) is 2.60. The zero-order valence-corrected chi connectivity index (χ0v) is 20.9. The Balaban J connectivity index is 1.60. The van der Waals surface area contributed by atoms with Crippen molar-refractivity contribution in [3.05, 3.63) is 162 Å². The molecule has 0 aromatic heterocycles. The average Bonchev–Trinajstić information content (AvgIpc) is 2.97. The van der Waals surface area contributed by atoms with E-state index in [4.69, 9.17) is 4.74 Å². The third-order valence-electron chi connectivity index (χ3n) is 6.45. The van der Waals surface area contributed by atoms with Crippen LogP contribution < -0.4 is 15.9 Å². The predicted octanol–water partition coefficient (Wildman–Crippen LogP) is 6.54. The van der Waals surface area contributed by atoms with Gasteiger partial charge in [-0.05, 0) is 48.0 Å². The van der Waals surface area contributed by atoms with Gasteiger partial charge in [0.1, 0.15) is 29.8 Å². The first kappa shape index (κ1) is 23.7. The minimum absolute atomic E-state index is 0.254. The van der Waals surface area contributed by atoms with Crippen molar-refractivity contribution < 1.29 is 9.53 Å². The molecule has 0 radical (unpaired) electrons. The second-order valence-electron chi connectivity index (χ2n) is 8.69. The zero-order chi connectivity index (χ0) is 24.6. The van der Waals surface area contributed by atoms with Gasteiger partial charge in [-0.3, -0.25) is 0 Å². The molecule has 5 rings (SSSR count). The van der Waals surface area contributed by atoms with E-state index in [2.05, 4.69) is 97.1 Å². The normalized spacial score (nSPS) is 11.1. The molecule has 36 heavy (non-hydrogen) atoms. The molecule has 0 unspecified atom stereocenters. The molecule has 3 heteroatoms. The van der Waals surface area contributed by atoms with Crippen molar-refractivity contribution in [1.82, 2.24) is 0 Å². The summed E-state index contributed by atoms with van der Waals surface area (Å²) in [5.74, 6) is -0.290. The van der Waals surface area contributed by atoms with E-state index in [0.717, 1.165) is 17.3 Å². The van der Waals surface area contributed by atoms with Crippen molar-refractivity contribution in [3.63, 3.8) is 0 Å². The predicted molar refractivity (Wildman–Crippen MR) is 151 cm³/mol. The van der Waals surface area contributed by atoms with Gasteiger partial charge in [0.15, 0.2) is 0 Å². The Kier molecular flexibility index (Phi) is 7.36. The van der Waals surface area contributed by atoms with Gasteiger partial charge in [-0.15, -0.1) is 0 Å². The number of rotatable bonds is 8. The topological polar surface area (TPSA) is 26.3 Å². The van der Waals surface area contributed by atoms with Crippen molar-refractivity contribution in [2.75, 3.05) is 0 Å². The fourth-order valence-electron chi connectivity index (χ4n) is 4.68. The van der Waals surface area contributed by atoms with Crippen LogP contribution in [0.2, 0.25) is 0 Å². The molecule has 0 fully saturated rings. The van der Waals surface area contributed by atoms with E-state index in [-0.39, 0.29) is 12.6 Å². The summed E-state index contributed by atoms with van der Waals surface area (Å²) in [6, 6.07) is 49.9. The fourth-order valence-corrected chi connectivity index (χ4v) is 8.95. The molecule has 0 N–H and O–H groups in total. The van der Waals surface area contributed by atoms with Crippen molar-refractivity contribution in [3.8, 4) is 0 Å². The monoisotopic (exact) mass is 487 g/mol. The Labute approximate surface area is 213 Å². The maximum absolute atomic E-state index is 13.3. The standard InChI is InChI=1S/C33H28O2P/c34-33(35-25-27-15-5-1-6-16-27)32-24-14-13-17-28(32)26-36(29-18-7-2-8-19-29,30-20-9-3-10-21-30)31-22-11-4-12-23-31/h1-24H,25-26H2/q+1. The van der Waals surface area contributed by atoms with Gasteiger partial charge in [0.05, 0.1) is 11.7 Å². The van der Waals surface area contributed by atoms with Crippen molar-refractivity contribution in [1.29, 1.82) is 0 Å². The van der Waals surface area contributed by atoms with E-state index in [1.54, 1.807) is 0 Å². The van der Waals surface area contributed by atoms with Crippen LogP contribution in [0, 0.1) is 0 Å². The first-order valence-electron chi connectivity index (χ1n) is 12.1. The van der Waals surface area contributed by atoms with Gasteiger partial charge < -0.3 is 4.74 Å². The van der Waals surface area contributed by atoms with E-state index in [9.17, 15) is 4.79 Å². The Morgan fingerprint density at radius 1 is 0.528 bits per heavy atom. The van der Waals surface area contributed by atoms with Gasteiger partial charge in [0.25, 0.3) is 0 Å². The average molecular weight is 488 g/mol. The van der Waals surface area contributed by atoms with E-state index >= 15 is 0 Å². The van der Waals surface area contributed by atoms with Crippen molar-refractivity contribution in [2.45, 2.75) is 12.8 Å². The second-order valence-corrected chi connectivity index (χ2v) is 12.2. The van der Waals surface area contributed by atoms with Gasteiger partial charge in [0.2, 0.25) is 0 Å². The summed E-state index contributed by atoms with van der Waals surface area (Å²) >= 11 is 0. The maximum Gasteiger partial charge on any atom is 0.338 e. The van der Waals surface area contributed by atoms with Gasteiger partial charge in [-0.25, -0.2) is 4.79 Å². The molecular weight excluding hydrogens is 459 g/mol. The van der Waals surface area contributed by atoms with E-state index in [0.29, 0.717) is 5.56 Å². The highest BCUT2D eigenvalue weighted by molar-refractivity contribution is 7.95. The van der Waals surface area contributed by atoms with Gasteiger partial charge >= 0.3 is 5.97 Å². The molecular formula is C33H28O2P+. The summed E-state index contributed by atoms with van der Waals surface area (Å²) in [6.45, 7) is 0.254. The van der Waals surface area contributed by atoms with Crippen LogP contribution in [0.5, 0.6) is 0 Å².